The molecule has 0 radical (unpaired) electrons. The van der Waals surface area contributed by atoms with Crippen molar-refractivity contribution in [3.8, 4) is 0 Å². The highest BCUT2D eigenvalue weighted by Gasteiger charge is 2.35. The molecule has 1 saturated heterocycles. The normalized spacial score (nSPS) is 28.2. The lowest BCUT2D eigenvalue weighted by molar-refractivity contribution is -0.126. The van der Waals surface area contributed by atoms with E-state index in [9.17, 15) is 13.0 Å². The highest BCUT2D eigenvalue weighted by atomic mass is 32.2. The first-order valence-corrected chi connectivity index (χ1v) is 6.27. The number of alkyl halides is 2. The molecule has 0 N–H and O–H groups in total. The maximum atomic E-state index is 12.7. The molecule has 0 spiro atoms. The number of halogens is 2. The molecule has 2 atom stereocenters. The number of hydrogen-bond donors (Lipinski definition) is 0. The molecule has 1 fully saturated rings. The third-order valence-corrected chi connectivity index (χ3v) is 3.51. The number of nitrogens with zero attached hydrogens (tertiary/aromatic N) is 1. The van der Waals surface area contributed by atoms with Crippen LogP contribution in [0.1, 0.15) is 33.6 Å². The van der Waals surface area contributed by atoms with Crippen LogP contribution < -0.4 is 0 Å². The lowest BCUT2D eigenvalue weighted by Crippen LogP contribution is -2.35. The molecule has 0 aliphatic carbocycles. The molecular formula is C10H17F2NO2S. The molecule has 94 valence electrons. The van der Waals surface area contributed by atoms with Gasteiger partial charge in [-0.1, -0.05) is 0 Å². The maximum Gasteiger partial charge on any atom is 0.271 e. The predicted octanol–water partition coefficient (Wildman–Crippen LogP) is 2.33. The zero-order valence-electron chi connectivity index (χ0n) is 9.70. The van der Waals surface area contributed by atoms with Gasteiger partial charge in [-0.2, -0.15) is 4.40 Å². The molecule has 1 aliphatic rings. The highest BCUT2D eigenvalue weighted by molar-refractivity contribution is 7.85. The van der Waals surface area contributed by atoms with Crippen LogP contribution in [0.2, 0.25) is 0 Å². The van der Waals surface area contributed by atoms with Gasteiger partial charge in [-0.25, -0.2) is 13.0 Å². The Bertz CT molecular complexity index is 290. The van der Waals surface area contributed by atoms with E-state index in [1.54, 1.807) is 20.8 Å². The molecule has 1 heterocycles. The predicted molar refractivity (Wildman–Crippen MR) is 60.3 cm³/mol. The third-order valence-electron chi connectivity index (χ3n) is 2.15. The number of ether oxygens (including phenoxy) is 1. The molecule has 0 saturated carbocycles. The van der Waals surface area contributed by atoms with Crippen LogP contribution in [0.3, 0.4) is 0 Å². The molecule has 0 amide bonds. The van der Waals surface area contributed by atoms with Gasteiger partial charge in [0.1, 0.15) is 17.6 Å². The van der Waals surface area contributed by atoms with Crippen LogP contribution in [-0.2, 0) is 15.7 Å². The van der Waals surface area contributed by atoms with E-state index in [-0.39, 0.29) is 12.8 Å². The minimum Gasteiger partial charge on any atom is -0.366 e. The van der Waals surface area contributed by atoms with Gasteiger partial charge in [0.25, 0.3) is 5.92 Å². The lowest BCUT2D eigenvalue weighted by Gasteiger charge is -2.26. The number of rotatable bonds is 2. The summed E-state index contributed by atoms with van der Waals surface area (Å²) in [6, 6.07) is 0. The van der Waals surface area contributed by atoms with Gasteiger partial charge in [0.2, 0.25) is 0 Å². The fourth-order valence-corrected chi connectivity index (χ4v) is 1.70. The van der Waals surface area contributed by atoms with E-state index >= 15 is 0 Å². The standard InChI is InChI=1S/C10H17F2NO2S/c1-9(2,3)16(14)13-6-8-4-5-10(11,12)7-15-8/h6,8H,4-5,7H2,1-3H3/b13-6+. The Labute approximate surface area is 96.9 Å². The molecule has 1 aliphatic heterocycles. The molecule has 16 heavy (non-hydrogen) atoms. The summed E-state index contributed by atoms with van der Waals surface area (Å²) in [5, 5.41) is 0. The Morgan fingerprint density at radius 1 is 1.50 bits per heavy atom. The summed E-state index contributed by atoms with van der Waals surface area (Å²) in [6.07, 6.45) is 0.964. The van der Waals surface area contributed by atoms with Crippen LogP contribution in [0.25, 0.3) is 0 Å². The van der Waals surface area contributed by atoms with Gasteiger partial charge in [0.05, 0.1) is 10.9 Å². The summed E-state index contributed by atoms with van der Waals surface area (Å²) in [7, 11) is -1.36. The smallest absolute Gasteiger partial charge is 0.271 e. The van der Waals surface area contributed by atoms with E-state index in [2.05, 4.69) is 4.40 Å². The van der Waals surface area contributed by atoms with Gasteiger partial charge in [0, 0.05) is 12.6 Å². The van der Waals surface area contributed by atoms with E-state index in [0.29, 0.717) is 0 Å². The Morgan fingerprint density at radius 2 is 2.12 bits per heavy atom. The van der Waals surface area contributed by atoms with Crippen molar-refractivity contribution in [1.29, 1.82) is 0 Å². The monoisotopic (exact) mass is 253 g/mol. The largest absolute Gasteiger partial charge is 0.366 e. The average Bonchev–Trinajstić information content (AvgIpc) is 2.14. The van der Waals surface area contributed by atoms with E-state index in [1.807, 2.05) is 0 Å². The molecule has 0 bridgehead atoms. The lowest BCUT2D eigenvalue weighted by atomic mass is 10.1. The van der Waals surface area contributed by atoms with Gasteiger partial charge in [-0.3, -0.25) is 0 Å². The maximum absolute atomic E-state index is 12.7. The molecule has 6 heteroatoms. The summed E-state index contributed by atoms with van der Waals surface area (Å²) in [5.74, 6) is -2.73. The summed E-state index contributed by atoms with van der Waals surface area (Å²) >= 11 is 0. The second-order valence-electron chi connectivity index (χ2n) is 4.86. The van der Waals surface area contributed by atoms with Gasteiger partial charge >= 0.3 is 0 Å². The first kappa shape index (κ1) is 13.7. The third kappa shape index (κ3) is 4.25. The zero-order valence-corrected chi connectivity index (χ0v) is 10.5. The van der Waals surface area contributed by atoms with Crippen LogP contribution in [0, 0.1) is 0 Å². The first-order valence-electron chi connectivity index (χ1n) is 5.16. The van der Waals surface area contributed by atoms with Crippen molar-refractivity contribution in [3.63, 3.8) is 0 Å². The summed E-state index contributed by atoms with van der Waals surface area (Å²) < 4.78 is 45.3. The summed E-state index contributed by atoms with van der Waals surface area (Å²) in [5.41, 5.74) is 0. The van der Waals surface area contributed by atoms with Crippen molar-refractivity contribution in [2.24, 2.45) is 4.40 Å². The molecule has 1 rings (SSSR count). The van der Waals surface area contributed by atoms with Crippen LogP contribution in [0.5, 0.6) is 0 Å². The Morgan fingerprint density at radius 3 is 2.56 bits per heavy atom. The van der Waals surface area contributed by atoms with E-state index < -0.39 is 34.4 Å². The topological polar surface area (TPSA) is 38.7 Å². The van der Waals surface area contributed by atoms with Crippen molar-refractivity contribution >= 4 is 17.2 Å². The van der Waals surface area contributed by atoms with Crippen molar-refractivity contribution in [1.82, 2.24) is 0 Å². The van der Waals surface area contributed by atoms with E-state index in [1.165, 1.54) is 6.21 Å². The van der Waals surface area contributed by atoms with Gasteiger partial charge in [-0.15, -0.1) is 0 Å². The van der Waals surface area contributed by atoms with Crippen LogP contribution >= 0.6 is 0 Å². The van der Waals surface area contributed by atoms with E-state index in [0.717, 1.165) is 0 Å². The zero-order chi connectivity index (χ0) is 12.4. The van der Waals surface area contributed by atoms with Crippen molar-refractivity contribution < 1.29 is 17.7 Å². The molecule has 3 nitrogen and oxygen atoms in total. The first-order chi connectivity index (χ1) is 7.21. The second kappa shape index (κ2) is 4.87. The Kier molecular flexibility index (Phi) is 4.17. The van der Waals surface area contributed by atoms with Gasteiger partial charge in [0.15, 0.2) is 0 Å². The molecular weight excluding hydrogens is 236 g/mol. The molecule has 0 aromatic rings. The molecule has 0 aromatic heterocycles. The van der Waals surface area contributed by atoms with Gasteiger partial charge < -0.3 is 4.74 Å². The SMILES string of the molecule is CC(C)(C)S(=O)/N=C/C1CCC(F)(F)CO1. The quantitative estimate of drug-likeness (QED) is 0.708. The second-order valence-corrected chi connectivity index (χ2v) is 6.79. The molecule has 2 unspecified atom stereocenters. The van der Waals surface area contributed by atoms with E-state index in [4.69, 9.17) is 4.74 Å². The fourth-order valence-electron chi connectivity index (χ4n) is 1.14. The van der Waals surface area contributed by atoms with Crippen molar-refractivity contribution in [3.05, 3.63) is 0 Å². The summed E-state index contributed by atoms with van der Waals surface area (Å²) in [6.45, 7) is 4.83. The fraction of sp³-hybridized carbons (Fsp3) is 0.900. The van der Waals surface area contributed by atoms with Crippen LogP contribution in [0.4, 0.5) is 8.78 Å². The summed E-state index contributed by atoms with van der Waals surface area (Å²) in [4.78, 5) is 0. The Balaban J connectivity index is 2.45. The van der Waals surface area contributed by atoms with Crippen molar-refractivity contribution in [2.45, 2.75) is 50.4 Å². The minimum atomic E-state index is -2.73. The minimum absolute atomic E-state index is 0.203. The van der Waals surface area contributed by atoms with Gasteiger partial charge in [-0.05, 0) is 27.2 Å². The average molecular weight is 253 g/mol. The van der Waals surface area contributed by atoms with Crippen molar-refractivity contribution in [2.75, 3.05) is 6.61 Å². The number of hydrogen-bond acceptors (Lipinski definition) is 2. The Hall–Kier alpha value is -0.360. The van der Waals surface area contributed by atoms with Crippen LogP contribution in [-0.4, -0.2) is 33.8 Å². The van der Waals surface area contributed by atoms with Crippen LogP contribution in [0.15, 0.2) is 4.40 Å². The highest BCUT2D eigenvalue weighted by Crippen LogP contribution is 2.27. The molecule has 0 aromatic carbocycles.